The maximum absolute atomic E-state index is 12.0. The van der Waals surface area contributed by atoms with Crippen molar-refractivity contribution in [2.24, 2.45) is 0 Å². The summed E-state index contributed by atoms with van der Waals surface area (Å²) in [5, 5.41) is -0.224. The fourth-order valence-electron chi connectivity index (χ4n) is 1.13. The Kier molecular flexibility index (Phi) is 3.95. The molecule has 0 aliphatic carbocycles. The van der Waals surface area contributed by atoms with Gasteiger partial charge in [0.25, 0.3) is 0 Å². The van der Waals surface area contributed by atoms with Crippen molar-refractivity contribution in [3.05, 3.63) is 28.3 Å². The van der Waals surface area contributed by atoms with Crippen molar-refractivity contribution in [1.82, 2.24) is 0 Å². The van der Waals surface area contributed by atoms with Crippen LogP contribution in [0.3, 0.4) is 0 Å². The SMILES string of the molecule is CC(=O)c1cc(C=O)cc(OC(F)F)c1Cl. The standard InChI is InChI=1S/C10H7ClF2O3/c1-5(15)7-2-6(4-14)3-8(9(7)11)16-10(12)13/h2-4,10H,1H3. The number of carbonyl (C=O) groups is 2. The van der Waals surface area contributed by atoms with Gasteiger partial charge >= 0.3 is 6.61 Å². The molecular formula is C10H7ClF2O3. The molecule has 6 heteroatoms. The molecule has 0 N–H and O–H groups in total. The number of hydrogen-bond acceptors (Lipinski definition) is 3. The lowest BCUT2D eigenvalue weighted by Gasteiger charge is -2.09. The molecule has 0 amide bonds. The zero-order chi connectivity index (χ0) is 12.3. The molecule has 0 saturated carbocycles. The van der Waals surface area contributed by atoms with Crippen LogP contribution >= 0.6 is 11.6 Å². The number of alkyl halides is 2. The topological polar surface area (TPSA) is 43.4 Å². The maximum Gasteiger partial charge on any atom is 0.387 e. The van der Waals surface area contributed by atoms with E-state index in [2.05, 4.69) is 4.74 Å². The zero-order valence-corrected chi connectivity index (χ0v) is 8.92. The van der Waals surface area contributed by atoms with Crippen LogP contribution in [0.2, 0.25) is 5.02 Å². The lowest BCUT2D eigenvalue weighted by molar-refractivity contribution is -0.0498. The van der Waals surface area contributed by atoms with Crippen molar-refractivity contribution >= 4 is 23.7 Å². The highest BCUT2D eigenvalue weighted by molar-refractivity contribution is 6.35. The molecule has 0 aromatic heterocycles. The van der Waals surface area contributed by atoms with Gasteiger partial charge in [-0.15, -0.1) is 0 Å². The van der Waals surface area contributed by atoms with E-state index in [0.717, 1.165) is 6.07 Å². The molecular weight excluding hydrogens is 242 g/mol. The fourth-order valence-corrected chi connectivity index (χ4v) is 1.41. The van der Waals surface area contributed by atoms with Gasteiger partial charge in [-0.25, -0.2) is 0 Å². The smallest absolute Gasteiger partial charge is 0.387 e. The molecule has 0 unspecified atom stereocenters. The Labute approximate surface area is 95.0 Å². The first-order valence-electron chi connectivity index (χ1n) is 4.20. The van der Waals surface area contributed by atoms with Crippen LogP contribution in [0, 0.1) is 0 Å². The van der Waals surface area contributed by atoms with Gasteiger partial charge in [-0.3, -0.25) is 9.59 Å². The first-order valence-corrected chi connectivity index (χ1v) is 4.58. The third-order valence-corrected chi connectivity index (χ3v) is 2.18. The van der Waals surface area contributed by atoms with E-state index in [9.17, 15) is 18.4 Å². The van der Waals surface area contributed by atoms with Crippen LogP contribution in [0.1, 0.15) is 27.6 Å². The van der Waals surface area contributed by atoms with Crippen LogP contribution < -0.4 is 4.74 Å². The van der Waals surface area contributed by atoms with E-state index in [1.807, 2.05) is 0 Å². The molecule has 1 rings (SSSR count). The Morgan fingerprint density at radius 3 is 2.56 bits per heavy atom. The Hall–Kier alpha value is -1.49. The quantitative estimate of drug-likeness (QED) is 0.608. The largest absolute Gasteiger partial charge is 0.433 e. The van der Waals surface area contributed by atoms with Crippen molar-refractivity contribution in [2.45, 2.75) is 13.5 Å². The van der Waals surface area contributed by atoms with Gasteiger partial charge in [-0.05, 0) is 19.1 Å². The minimum Gasteiger partial charge on any atom is -0.433 e. The van der Waals surface area contributed by atoms with Crippen molar-refractivity contribution in [3.8, 4) is 5.75 Å². The minimum atomic E-state index is -3.07. The lowest BCUT2D eigenvalue weighted by atomic mass is 10.1. The van der Waals surface area contributed by atoms with E-state index in [1.54, 1.807) is 0 Å². The second-order valence-electron chi connectivity index (χ2n) is 2.93. The van der Waals surface area contributed by atoms with E-state index >= 15 is 0 Å². The van der Waals surface area contributed by atoms with E-state index in [-0.39, 0.29) is 21.9 Å². The highest BCUT2D eigenvalue weighted by Crippen LogP contribution is 2.31. The second-order valence-corrected chi connectivity index (χ2v) is 3.31. The number of ketones is 1. The number of halogens is 3. The van der Waals surface area contributed by atoms with E-state index < -0.39 is 12.4 Å². The monoisotopic (exact) mass is 248 g/mol. The van der Waals surface area contributed by atoms with Crippen LogP contribution in [-0.2, 0) is 0 Å². The highest BCUT2D eigenvalue weighted by Gasteiger charge is 2.16. The number of benzene rings is 1. The lowest BCUT2D eigenvalue weighted by Crippen LogP contribution is -2.05. The van der Waals surface area contributed by atoms with Gasteiger partial charge in [-0.2, -0.15) is 8.78 Å². The zero-order valence-electron chi connectivity index (χ0n) is 8.17. The molecule has 1 aromatic rings. The van der Waals surface area contributed by atoms with Crippen molar-refractivity contribution in [1.29, 1.82) is 0 Å². The minimum absolute atomic E-state index is 0.0260. The number of aldehydes is 1. The van der Waals surface area contributed by atoms with E-state index in [4.69, 9.17) is 11.6 Å². The van der Waals surface area contributed by atoms with Gasteiger partial charge in [0.2, 0.25) is 0 Å². The summed E-state index contributed by atoms with van der Waals surface area (Å²) in [4.78, 5) is 21.7. The van der Waals surface area contributed by atoms with Gasteiger partial charge in [0.1, 0.15) is 12.0 Å². The molecule has 0 fully saturated rings. The molecule has 0 aliphatic heterocycles. The third kappa shape index (κ3) is 2.76. The van der Waals surface area contributed by atoms with Crippen LogP contribution in [0.5, 0.6) is 5.75 Å². The van der Waals surface area contributed by atoms with Gasteiger partial charge in [0, 0.05) is 11.1 Å². The average Bonchev–Trinajstić information content (AvgIpc) is 2.19. The Morgan fingerprint density at radius 1 is 1.50 bits per heavy atom. The Morgan fingerprint density at radius 2 is 2.12 bits per heavy atom. The van der Waals surface area contributed by atoms with Crippen molar-refractivity contribution < 1.29 is 23.1 Å². The first-order chi connectivity index (χ1) is 7.45. The van der Waals surface area contributed by atoms with Crippen molar-refractivity contribution in [2.75, 3.05) is 0 Å². The molecule has 86 valence electrons. The summed E-state index contributed by atoms with van der Waals surface area (Å²) >= 11 is 5.68. The van der Waals surface area contributed by atoms with Crippen LogP contribution in [-0.4, -0.2) is 18.7 Å². The molecule has 1 aromatic carbocycles. The molecule has 0 radical (unpaired) electrons. The molecule has 0 spiro atoms. The Balaban J connectivity index is 3.31. The average molecular weight is 249 g/mol. The van der Waals surface area contributed by atoms with Gasteiger partial charge in [0.15, 0.2) is 5.78 Å². The number of hydrogen-bond donors (Lipinski definition) is 0. The number of carbonyl (C=O) groups excluding carboxylic acids is 2. The molecule has 0 aliphatic rings. The van der Waals surface area contributed by atoms with Crippen molar-refractivity contribution in [3.63, 3.8) is 0 Å². The first kappa shape index (κ1) is 12.6. The van der Waals surface area contributed by atoms with E-state index in [1.165, 1.54) is 13.0 Å². The molecule has 16 heavy (non-hydrogen) atoms. The predicted octanol–water partition coefficient (Wildman–Crippen LogP) is 2.96. The summed E-state index contributed by atoms with van der Waals surface area (Å²) in [5.74, 6) is -0.820. The molecule has 0 saturated heterocycles. The predicted molar refractivity (Wildman–Crippen MR) is 53.5 cm³/mol. The maximum atomic E-state index is 12.0. The second kappa shape index (κ2) is 5.03. The molecule has 0 atom stereocenters. The summed E-state index contributed by atoms with van der Waals surface area (Å²) in [6.07, 6.45) is 0.418. The molecule has 3 nitrogen and oxygen atoms in total. The molecule has 0 bridgehead atoms. The summed E-state index contributed by atoms with van der Waals surface area (Å²) < 4.78 is 28.1. The summed E-state index contributed by atoms with van der Waals surface area (Å²) in [7, 11) is 0. The van der Waals surface area contributed by atoms with E-state index in [0.29, 0.717) is 6.29 Å². The number of ether oxygens (including phenoxy) is 1. The van der Waals surface area contributed by atoms with Gasteiger partial charge < -0.3 is 4.74 Å². The van der Waals surface area contributed by atoms with Gasteiger partial charge in [-0.1, -0.05) is 11.6 Å². The fraction of sp³-hybridized carbons (Fsp3) is 0.200. The number of Topliss-reactive ketones (excluding diaryl/α,β-unsaturated/α-hetero) is 1. The van der Waals surface area contributed by atoms with Gasteiger partial charge in [0.05, 0.1) is 5.02 Å². The third-order valence-electron chi connectivity index (χ3n) is 1.79. The normalized spacial score (nSPS) is 10.3. The summed E-state index contributed by atoms with van der Waals surface area (Å²) in [6, 6.07) is 2.27. The summed E-state index contributed by atoms with van der Waals surface area (Å²) in [5.41, 5.74) is 0.0205. The highest BCUT2D eigenvalue weighted by atomic mass is 35.5. The summed E-state index contributed by atoms with van der Waals surface area (Å²) in [6.45, 7) is -1.86. The van der Waals surface area contributed by atoms with Crippen LogP contribution in [0.15, 0.2) is 12.1 Å². The Bertz CT molecular complexity index is 432. The number of rotatable bonds is 4. The molecule has 0 heterocycles. The van der Waals surface area contributed by atoms with Crippen LogP contribution in [0.25, 0.3) is 0 Å². The van der Waals surface area contributed by atoms with Crippen LogP contribution in [0.4, 0.5) is 8.78 Å².